The number of amides is 1. The van der Waals surface area contributed by atoms with Crippen LogP contribution in [0.25, 0.3) is 0 Å². The van der Waals surface area contributed by atoms with E-state index in [-0.39, 0.29) is 11.7 Å². The van der Waals surface area contributed by atoms with Gasteiger partial charge in [-0.15, -0.1) is 0 Å². The van der Waals surface area contributed by atoms with Crippen molar-refractivity contribution in [2.75, 3.05) is 18.1 Å². The van der Waals surface area contributed by atoms with Crippen molar-refractivity contribution in [3.63, 3.8) is 0 Å². The van der Waals surface area contributed by atoms with Gasteiger partial charge in [-0.25, -0.2) is 0 Å². The fourth-order valence-corrected chi connectivity index (χ4v) is 2.82. The molecular weight excluding hydrogens is 252 g/mol. The molecule has 0 spiro atoms. The van der Waals surface area contributed by atoms with Crippen molar-refractivity contribution in [2.45, 2.75) is 31.3 Å². The quantitative estimate of drug-likeness (QED) is 0.812. The lowest BCUT2D eigenvalue weighted by molar-refractivity contribution is 0.0937. The third-order valence-electron chi connectivity index (χ3n) is 3.00. The predicted octanol–water partition coefficient (Wildman–Crippen LogP) is 0.209. The third-order valence-corrected chi connectivity index (χ3v) is 4.13. The van der Waals surface area contributed by atoms with Crippen LogP contribution in [0.1, 0.15) is 29.4 Å². The highest BCUT2D eigenvalue weighted by Crippen LogP contribution is 2.19. The highest BCUT2D eigenvalue weighted by Gasteiger charge is 2.26. The summed E-state index contributed by atoms with van der Waals surface area (Å²) >= 11 is 1.92. The topological polar surface area (TPSA) is 80.0 Å². The van der Waals surface area contributed by atoms with E-state index in [0.717, 1.165) is 30.9 Å². The van der Waals surface area contributed by atoms with Gasteiger partial charge in [-0.1, -0.05) is 5.16 Å². The van der Waals surface area contributed by atoms with Gasteiger partial charge in [0.15, 0.2) is 0 Å². The van der Waals surface area contributed by atoms with Gasteiger partial charge in [-0.2, -0.15) is 16.7 Å². The number of rotatable bonds is 4. The summed E-state index contributed by atoms with van der Waals surface area (Å²) in [6.45, 7) is 1.01. The summed E-state index contributed by atoms with van der Waals surface area (Å²) < 4.78 is 5.12. The van der Waals surface area contributed by atoms with Crippen LogP contribution < -0.4 is 10.6 Å². The first-order chi connectivity index (χ1) is 8.81. The van der Waals surface area contributed by atoms with E-state index in [9.17, 15) is 4.79 Å². The van der Waals surface area contributed by atoms with E-state index in [1.807, 2.05) is 11.8 Å². The zero-order valence-corrected chi connectivity index (χ0v) is 10.8. The van der Waals surface area contributed by atoms with Crippen molar-refractivity contribution in [1.82, 2.24) is 20.8 Å². The summed E-state index contributed by atoms with van der Waals surface area (Å²) in [7, 11) is 0. The Bertz CT molecular complexity index is 426. The van der Waals surface area contributed by atoms with Crippen molar-refractivity contribution in [2.24, 2.45) is 0 Å². The Hall–Kier alpha value is -1.08. The monoisotopic (exact) mass is 268 g/mol. The average Bonchev–Trinajstić information content (AvgIpc) is 3.07. The highest BCUT2D eigenvalue weighted by molar-refractivity contribution is 7.99. The second-order valence-corrected chi connectivity index (χ2v) is 5.84. The second-order valence-electron chi connectivity index (χ2n) is 4.69. The van der Waals surface area contributed by atoms with Crippen molar-refractivity contribution in [3.05, 3.63) is 11.7 Å². The van der Waals surface area contributed by atoms with E-state index in [0.29, 0.717) is 24.4 Å². The Morgan fingerprint density at radius 3 is 3.17 bits per heavy atom. The van der Waals surface area contributed by atoms with Crippen LogP contribution in [0.2, 0.25) is 0 Å². The Labute approximate surface area is 109 Å². The molecule has 0 radical (unpaired) electrons. The molecule has 1 saturated heterocycles. The summed E-state index contributed by atoms with van der Waals surface area (Å²) in [5.41, 5.74) is 0. The Balaban J connectivity index is 1.56. The summed E-state index contributed by atoms with van der Waals surface area (Å²) in [5, 5.41) is 9.97. The number of carbonyl (C=O) groups excluding carboxylic acids is 1. The normalized spacial score (nSPS) is 23.9. The molecule has 6 nitrogen and oxygen atoms in total. The van der Waals surface area contributed by atoms with E-state index < -0.39 is 0 Å². The fraction of sp³-hybridized carbons (Fsp3) is 0.727. The molecule has 3 rings (SSSR count). The van der Waals surface area contributed by atoms with Gasteiger partial charge >= 0.3 is 0 Å². The first-order valence-electron chi connectivity index (χ1n) is 6.26. The zero-order chi connectivity index (χ0) is 12.4. The molecule has 2 aliphatic rings. The minimum absolute atomic E-state index is 0.153. The Morgan fingerprint density at radius 1 is 1.56 bits per heavy atom. The minimum atomic E-state index is -0.224. The minimum Gasteiger partial charge on any atom is -0.346 e. The molecule has 1 saturated carbocycles. The zero-order valence-electron chi connectivity index (χ0n) is 10.0. The molecule has 1 aliphatic heterocycles. The number of hydrogen-bond donors (Lipinski definition) is 2. The average molecular weight is 268 g/mol. The lowest BCUT2D eigenvalue weighted by Gasteiger charge is -2.21. The van der Waals surface area contributed by atoms with Crippen LogP contribution in [0, 0.1) is 0 Å². The molecule has 7 heteroatoms. The Kier molecular flexibility index (Phi) is 3.51. The maximum absolute atomic E-state index is 11.7. The van der Waals surface area contributed by atoms with E-state index in [1.54, 1.807) is 0 Å². The van der Waals surface area contributed by atoms with Crippen molar-refractivity contribution < 1.29 is 9.32 Å². The summed E-state index contributed by atoms with van der Waals surface area (Å²) in [4.78, 5) is 15.8. The lowest BCUT2D eigenvalue weighted by Crippen LogP contribution is -2.39. The van der Waals surface area contributed by atoms with E-state index in [1.165, 1.54) is 0 Å². The molecule has 1 unspecified atom stereocenters. The SMILES string of the molecule is O=C(NC1CC1)c1noc(CC2CSCCN2)n1. The number of aromatic nitrogens is 2. The van der Waals surface area contributed by atoms with Crippen LogP contribution in [0.3, 0.4) is 0 Å². The van der Waals surface area contributed by atoms with Crippen LogP contribution in [-0.2, 0) is 6.42 Å². The molecule has 1 amide bonds. The molecular formula is C11H16N4O2S. The molecule has 1 aliphatic carbocycles. The van der Waals surface area contributed by atoms with Gasteiger partial charge in [-0.3, -0.25) is 4.79 Å². The first kappa shape index (κ1) is 12.0. The molecule has 1 aromatic rings. The maximum Gasteiger partial charge on any atom is 0.292 e. The number of nitrogens with zero attached hydrogens (tertiary/aromatic N) is 2. The van der Waals surface area contributed by atoms with Crippen molar-refractivity contribution in [3.8, 4) is 0 Å². The largest absolute Gasteiger partial charge is 0.346 e. The van der Waals surface area contributed by atoms with E-state index in [4.69, 9.17) is 4.52 Å². The van der Waals surface area contributed by atoms with Crippen LogP contribution in [0.4, 0.5) is 0 Å². The molecule has 18 heavy (non-hydrogen) atoms. The number of thioether (sulfide) groups is 1. The van der Waals surface area contributed by atoms with Crippen LogP contribution in [0.5, 0.6) is 0 Å². The van der Waals surface area contributed by atoms with Crippen LogP contribution in [-0.4, -0.2) is 46.2 Å². The van der Waals surface area contributed by atoms with Gasteiger partial charge in [0.1, 0.15) is 0 Å². The molecule has 0 bridgehead atoms. The second kappa shape index (κ2) is 5.27. The number of carbonyl (C=O) groups is 1. The lowest BCUT2D eigenvalue weighted by atomic mass is 10.2. The van der Waals surface area contributed by atoms with Gasteiger partial charge < -0.3 is 15.2 Å². The molecule has 2 heterocycles. The predicted molar refractivity (Wildman–Crippen MR) is 67.6 cm³/mol. The molecule has 1 aromatic heterocycles. The highest BCUT2D eigenvalue weighted by atomic mass is 32.2. The van der Waals surface area contributed by atoms with E-state index in [2.05, 4.69) is 20.8 Å². The number of nitrogens with one attached hydrogen (secondary N) is 2. The van der Waals surface area contributed by atoms with Gasteiger partial charge in [0.05, 0.1) is 0 Å². The molecule has 2 fully saturated rings. The van der Waals surface area contributed by atoms with Gasteiger partial charge in [0, 0.05) is 36.6 Å². The van der Waals surface area contributed by atoms with Crippen LogP contribution >= 0.6 is 11.8 Å². The van der Waals surface area contributed by atoms with Gasteiger partial charge in [0.25, 0.3) is 11.7 Å². The fourth-order valence-electron chi connectivity index (χ4n) is 1.87. The van der Waals surface area contributed by atoms with E-state index >= 15 is 0 Å². The van der Waals surface area contributed by atoms with Crippen molar-refractivity contribution in [1.29, 1.82) is 0 Å². The smallest absolute Gasteiger partial charge is 0.292 e. The maximum atomic E-state index is 11.7. The van der Waals surface area contributed by atoms with Crippen LogP contribution in [0.15, 0.2) is 4.52 Å². The summed E-state index contributed by atoms with van der Waals surface area (Å²) in [6, 6.07) is 0.680. The Morgan fingerprint density at radius 2 is 2.44 bits per heavy atom. The van der Waals surface area contributed by atoms with Crippen molar-refractivity contribution >= 4 is 17.7 Å². The summed E-state index contributed by atoms with van der Waals surface area (Å²) in [6.07, 6.45) is 2.80. The van der Waals surface area contributed by atoms with Gasteiger partial charge in [0.2, 0.25) is 5.89 Å². The summed E-state index contributed by atoms with van der Waals surface area (Å²) in [5.74, 6) is 2.66. The van der Waals surface area contributed by atoms with Gasteiger partial charge in [-0.05, 0) is 12.8 Å². The third kappa shape index (κ3) is 3.02. The standard InChI is InChI=1S/C11H16N4O2S/c16-11(13-7-1-2-7)10-14-9(17-15-10)5-8-6-18-4-3-12-8/h7-8,12H,1-6H2,(H,13,16). The molecule has 2 N–H and O–H groups in total. The number of hydrogen-bond acceptors (Lipinski definition) is 6. The first-order valence-corrected chi connectivity index (χ1v) is 7.41. The molecule has 0 aromatic carbocycles. The molecule has 98 valence electrons. The molecule has 1 atom stereocenters.